The lowest BCUT2D eigenvalue weighted by Gasteiger charge is -2.44. The molecule has 108 valence electrons. The van der Waals surface area contributed by atoms with Gasteiger partial charge in [-0.3, -0.25) is 4.98 Å². The molecule has 0 aliphatic carbocycles. The molecule has 0 saturated carbocycles. The van der Waals surface area contributed by atoms with E-state index in [1.165, 1.54) is 0 Å². The molecule has 0 unspecified atom stereocenters. The van der Waals surface area contributed by atoms with Gasteiger partial charge in [-0.25, -0.2) is 4.98 Å². The Balaban J connectivity index is 2.14. The van der Waals surface area contributed by atoms with Gasteiger partial charge >= 0.3 is 0 Å². The van der Waals surface area contributed by atoms with Crippen molar-refractivity contribution in [1.29, 1.82) is 5.26 Å². The molecule has 0 aromatic carbocycles. The van der Waals surface area contributed by atoms with Crippen molar-refractivity contribution in [2.24, 2.45) is 0 Å². The van der Waals surface area contributed by atoms with E-state index in [-0.39, 0.29) is 0 Å². The van der Waals surface area contributed by atoms with Crippen LogP contribution in [0.25, 0.3) is 10.9 Å². The van der Waals surface area contributed by atoms with Gasteiger partial charge in [-0.15, -0.1) is 0 Å². The number of anilines is 1. The summed E-state index contributed by atoms with van der Waals surface area (Å²) in [5, 5.41) is 10.4. The SMILES string of the molecule is Cc1nc(Br)cc2c(N3CC(N(C)C)C3)c(C#N)cnc12. The highest BCUT2D eigenvalue weighted by molar-refractivity contribution is 9.10. The number of nitriles is 1. The highest BCUT2D eigenvalue weighted by atomic mass is 79.9. The molecule has 0 N–H and O–H groups in total. The van der Waals surface area contributed by atoms with E-state index in [1.807, 2.05) is 13.0 Å². The quantitative estimate of drug-likeness (QED) is 0.782. The topological polar surface area (TPSA) is 56.1 Å². The number of hydrogen-bond acceptors (Lipinski definition) is 5. The summed E-state index contributed by atoms with van der Waals surface area (Å²) < 4.78 is 0.773. The van der Waals surface area contributed by atoms with Crippen LogP contribution in [0.4, 0.5) is 5.69 Å². The second-order valence-electron chi connectivity index (χ2n) is 5.58. The van der Waals surface area contributed by atoms with Crippen LogP contribution in [0.2, 0.25) is 0 Å². The molecule has 2 aromatic rings. The Hall–Kier alpha value is -1.71. The zero-order valence-corrected chi connectivity index (χ0v) is 13.8. The number of hydrogen-bond donors (Lipinski definition) is 0. The number of rotatable bonds is 2. The van der Waals surface area contributed by atoms with Crippen LogP contribution in [0.1, 0.15) is 11.3 Å². The Morgan fingerprint density at radius 2 is 2.14 bits per heavy atom. The van der Waals surface area contributed by atoms with E-state index in [4.69, 9.17) is 0 Å². The molecule has 0 atom stereocenters. The summed E-state index contributed by atoms with van der Waals surface area (Å²) in [6, 6.07) is 4.75. The number of pyridine rings is 2. The highest BCUT2D eigenvalue weighted by Gasteiger charge is 2.31. The minimum absolute atomic E-state index is 0.533. The molecule has 1 aliphatic rings. The maximum atomic E-state index is 9.41. The Morgan fingerprint density at radius 1 is 1.43 bits per heavy atom. The van der Waals surface area contributed by atoms with Crippen LogP contribution in [-0.2, 0) is 0 Å². The first-order valence-corrected chi connectivity index (χ1v) is 7.58. The van der Waals surface area contributed by atoms with Crippen molar-refractivity contribution in [3.63, 3.8) is 0 Å². The van der Waals surface area contributed by atoms with Gasteiger partial charge in [-0.2, -0.15) is 5.26 Å². The van der Waals surface area contributed by atoms with Crippen molar-refractivity contribution in [3.05, 3.63) is 28.1 Å². The van der Waals surface area contributed by atoms with Crippen molar-refractivity contribution in [2.75, 3.05) is 32.1 Å². The zero-order valence-electron chi connectivity index (χ0n) is 12.3. The van der Waals surface area contributed by atoms with E-state index in [9.17, 15) is 5.26 Å². The molecule has 0 radical (unpaired) electrons. The lowest BCUT2D eigenvalue weighted by atomic mass is 10.0. The average Bonchev–Trinajstić information content (AvgIpc) is 2.36. The Kier molecular flexibility index (Phi) is 3.56. The van der Waals surface area contributed by atoms with Gasteiger partial charge in [0.15, 0.2) is 0 Å². The molecule has 1 fully saturated rings. The fourth-order valence-corrected chi connectivity index (χ4v) is 3.19. The molecule has 6 heteroatoms. The first-order chi connectivity index (χ1) is 10.0. The molecule has 0 bridgehead atoms. The lowest BCUT2D eigenvalue weighted by Crippen LogP contribution is -2.57. The van der Waals surface area contributed by atoms with Gasteiger partial charge in [0.25, 0.3) is 0 Å². The first-order valence-electron chi connectivity index (χ1n) is 6.78. The number of halogens is 1. The lowest BCUT2D eigenvalue weighted by molar-refractivity contribution is 0.247. The number of nitrogens with zero attached hydrogens (tertiary/aromatic N) is 5. The van der Waals surface area contributed by atoms with E-state index in [1.54, 1.807) is 6.20 Å². The third kappa shape index (κ3) is 2.37. The van der Waals surface area contributed by atoms with Gasteiger partial charge in [0, 0.05) is 30.7 Å². The number of likely N-dealkylation sites (N-methyl/N-ethyl adjacent to an activating group) is 1. The highest BCUT2D eigenvalue weighted by Crippen LogP contribution is 2.34. The number of fused-ring (bicyclic) bond motifs is 1. The van der Waals surface area contributed by atoms with Gasteiger partial charge in [0.1, 0.15) is 10.7 Å². The van der Waals surface area contributed by atoms with Crippen molar-refractivity contribution >= 4 is 32.5 Å². The zero-order chi connectivity index (χ0) is 15.1. The molecule has 5 nitrogen and oxygen atoms in total. The minimum atomic E-state index is 0.533. The predicted molar refractivity (Wildman–Crippen MR) is 86.4 cm³/mol. The normalized spacial score (nSPS) is 15.3. The minimum Gasteiger partial charge on any atom is -0.367 e. The monoisotopic (exact) mass is 345 g/mol. The maximum Gasteiger partial charge on any atom is 0.107 e. The molecule has 3 rings (SSSR count). The van der Waals surface area contributed by atoms with Gasteiger partial charge < -0.3 is 9.80 Å². The van der Waals surface area contributed by atoms with E-state index in [0.29, 0.717) is 11.6 Å². The summed E-state index contributed by atoms with van der Waals surface area (Å²) in [5.41, 5.74) is 3.33. The summed E-state index contributed by atoms with van der Waals surface area (Å²) in [5.74, 6) is 0. The van der Waals surface area contributed by atoms with E-state index < -0.39 is 0 Å². The van der Waals surface area contributed by atoms with Gasteiger partial charge in [0.2, 0.25) is 0 Å². The fraction of sp³-hybridized carbons (Fsp3) is 0.400. The summed E-state index contributed by atoms with van der Waals surface area (Å²) in [4.78, 5) is 13.3. The van der Waals surface area contributed by atoms with Crippen molar-refractivity contribution in [3.8, 4) is 6.07 Å². The van der Waals surface area contributed by atoms with Crippen LogP contribution in [0.5, 0.6) is 0 Å². The molecule has 21 heavy (non-hydrogen) atoms. The van der Waals surface area contributed by atoms with Crippen molar-refractivity contribution in [1.82, 2.24) is 14.9 Å². The summed E-state index contributed by atoms with van der Waals surface area (Å²) in [7, 11) is 4.17. The van der Waals surface area contributed by atoms with Crippen LogP contribution >= 0.6 is 15.9 Å². The van der Waals surface area contributed by atoms with Crippen LogP contribution in [0.15, 0.2) is 16.9 Å². The number of aryl methyl sites for hydroxylation is 1. The van der Waals surface area contributed by atoms with Crippen molar-refractivity contribution in [2.45, 2.75) is 13.0 Å². The van der Waals surface area contributed by atoms with Crippen LogP contribution in [-0.4, -0.2) is 48.1 Å². The van der Waals surface area contributed by atoms with Gasteiger partial charge in [-0.05, 0) is 43.0 Å². The Morgan fingerprint density at radius 3 is 2.76 bits per heavy atom. The molecule has 1 aliphatic heterocycles. The molecular formula is C15H16BrN5. The maximum absolute atomic E-state index is 9.41. The molecule has 0 amide bonds. The van der Waals surface area contributed by atoms with E-state index in [0.717, 1.165) is 40.0 Å². The van der Waals surface area contributed by atoms with Crippen LogP contribution in [0.3, 0.4) is 0 Å². The first kappa shape index (κ1) is 14.2. The molecule has 3 heterocycles. The smallest absolute Gasteiger partial charge is 0.107 e. The Labute approximate surface area is 132 Å². The van der Waals surface area contributed by atoms with Gasteiger partial charge in [0.05, 0.1) is 22.5 Å². The molecular weight excluding hydrogens is 330 g/mol. The average molecular weight is 346 g/mol. The second-order valence-corrected chi connectivity index (χ2v) is 6.39. The van der Waals surface area contributed by atoms with Crippen LogP contribution in [0, 0.1) is 18.3 Å². The fourth-order valence-electron chi connectivity index (χ4n) is 2.69. The number of aromatic nitrogens is 2. The second kappa shape index (κ2) is 5.24. The van der Waals surface area contributed by atoms with Crippen LogP contribution < -0.4 is 4.90 Å². The largest absolute Gasteiger partial charge is 0.367 e. The molecule has 2 aromatic heterocycles. The third-order valence-electron chi connectivity index (χ3n) is 4.00. The van der Waals surface area contributed by atoms with Gasteiger partial charge in [-0.1, -0.05) is 0 Å². The summed E-state index contributed by atoms with van der Waals surface area (Å²) >= 11 is 3.44. The van der Waals surface area contributed by atoms with E-state index >= 15 is 0 Å². The molecule has 1 saturated heterocycles. The summed E-state index contributed by atoms with van der Waals surface area (Å²) in [6.45, 7) is 3.80. The standard InChI is InChI=1S/C15H16BrN5/c1-9-14-12(4-13(16)19-9)15(10(5-17)6-18-14)21-7-11(8-21)20(2)3/h4,6,11H,7-8H2,1-3H3. The molecule has 0 spiro atoms. The predicted octanol–water partition coefficient (Wildman–Crippen LogP) is 2.32. The Bertz CT molecular complexity index is 744. The third-order valence-corrected chi connectivity index (χ3v) is 4.40. The van der Waals surface area contributed by atoms with E-state index in [2.05, 4.69) is 55.9 Å². The summed E-state index contributed by atoms with van der Waals surface area (Å²) in [6.07, 6.45) is 1.66. The van der Waals surface area contributed by atoms with Crippen molar-refractivity contribution < 1.29 is 0 Å².